The molecule has 1 aliphatic rings. The highest BCUT2D eigenvalue weighted by Crippen LogP contribution is 2.24. The second-order valence-electron chi connectivity index (χ2n) is 3.90. The normalized spacial score (nSPS) is 21.8. The second-order valence-corrected chi connectivity index (χ2v) is 4.33. The molecule has 0 bridgehead atoms. The van der Waals surface area contributed by atoms with E-state index in [0.29, 0.717) is 16.8 Å². The topological polar surface area (TPSA) is 15.3 Å². The van der Waals surface area contributed by atoms with Crippen molar-refractivity contribution in [2.24, 2.45) is 0 Å². The first kappa shape index (κ1) is 10.7. The van der Waals surface area contributed by atoms with E-state index in [9.17, 15) is 4.39 Å². The Morgan fingerprint density at radius 1 is 1.53 bits per heavy atom. The molecule has 1 saturated heterocycles. The molecule has 1 N–H and O–H groups in total. The van der Waals surface area contributed by atoms with Gasteiger partial charge in [-0.15, -0.1) is 0 Å². The Balaban J connectivity index is 2.24. The largest absolute Gasteiger partial charge is 0.366 e. The fourth-order valence-electron chi connectivity index (χ4n) is 1.88. The summed E-state index contributed by atoms with van der Waals surface area (Å²) in [5.41, 5.74) is 0.607. The summed E-state index contributed by atoms with van der Waals surface area (Å²) in [5.74, 6) is -0.200. The zero-order chi connectivity index (χ0) is 10.8. The molecule has 1 atom stereocenters. The van der Waals surface area contributed by atoms with Crippen LogP contribution in [0.4, 0.5) is 10.1 Å². The van der Waals surface area contributed by atoms with Crippen molar-refractivity contribution in [1.82, 2.24) is 5.32 Å². The van der Waals surface area contributed by atoms with E-state index in [1.54, 1.807) is 12.1 Å². The molecule has 0 saturated carbocycles. The molecule has 0 aromatic heterocycles. The van der Waals surface area contributed by atoms with E-state index in [4.69, 9.17) is 11.6 Å². The van der Waals surface area contributed by atoms with Gasteiger partial charge in [-0.1, -0.05) is 11.6 Å². The summed E-state index contributed by atoms with van der Waals surface area (Å²) in [4.78, 5) is 2.03. The Labute approximate surface area is 94.0 Å². The summed E-state index contributed by atoms with van der Waals surface area (Å²) in [6.45, 7) is 4.61. The summed E-state index contributed by atoms with van der Waals surface area (Å²) in [6.07, 6.45) is 0. The van der Waals surface area contributed by atoms with Crippen LogP contribution in [-0.2, 0) is 0 Å². The van der Waals surface area contributed by atoms with Gasteiger partial charge in [0.15, 0.2) is 0 Å². The summed E-state index contributed by atoms with van der Waals surface area (Å²) >= 11 is 5.86. The second kappa shape index (κ2) is 4.37. The zero-order valence-corrected chi connectivity index (χ0v) is 9.39. The Morgan fingerprint density at radius 3 is 3.07 bits per heavy atom. The van der Waals surface area contributed by atoms with E-state index in [0.717, 1.165) is 19.6 Å². The van der Waals surface area contributed by atoms with E-state index in [1.807, 2.05) is 4.90 Å². The molecular formula is C11H14ClFN2. The van der Waals surface area contributed by atoms with Crippen molar-refractivity contribution in [2.75, 3.05) is 24.5 Å². The van der Waals surface area contributed by atoms with Crippen LogP contribution in [0.5, 0.6) is 0 Å². The maximum Gasteiger partial charge on any atom is 0.146 e. The molecule has 1 fully saturated rings. The van der Waals surface area contributed by atoms with Crippen molar-refractivity contribution >= 4 is 17.3 Å². The molecule has 82 valence electrons. The molecule has 0 aliphatic carbocycles. The number of hydrogen-bond donors (Lipinski definition) is 1. The number of halogens is 2. The molecule has 1 aromatic rings. The predicted molar refractivity (Wildman–Crippen MR) is 61.1 cm³/mol. The van der Waals surface area contributed by atoms with Gasteiger partial charge in [0.05, 0.1) is 5.69 Å². The molecule has 1 heterocycles. The lowest BCUT2D eigenvalue weighted by molar-refractivity contribution is 0.478. The molecule has 0 radical (unpaired) electrons. The van der Waals surface area contributed by atoms with Crippen molar-refractivity contribution in [3.63, 3.8) is 0 Å². The quantitative estimate of drug-likeness (QED) is 0.794. The van der Waals surface area contributed by atoms with Gasteiger partial charge in [0, 0.05) is 30.7 Å². The van der Waals surface area contributed by atoms with Gasteiger partial charge in [-0.25, -0.2) is 4.39 Å². The van der Waals surface area contributed by atoms with Crippen molar-refractivity contribution in [1.29, 1.82) is 0 Å². The van der Waals surface area contributed by atoms with Crippen LogP contribution in [0.3, 0.4) is 0 Å². The van der Waals surface area contributed by atoms with Crippen molar-refractivity contribution in [2.45, 2.75) is 13.0 Å². The standard InChI is InChI=1S/C11H14ClFN2/c1-8-7-15(5-4-14-8)11-6-9(12)2-3-10(11)13/h2-3,6,8,14H,4-5,7H2,1H3. The number of piperazine rings is 1. The van der Waals surface area contributed by atoms with Crippen LogP contribution in [0, 0.1) is 5.82 Å². The van der Waals surface area contributed by atoms with Crippen LogP contribution < -0.4 is 10.2 Å². The fraction of sp³-hybridized carbons (Fsp3) is 0.455. The van der Waals surface area contributed by atoms with Crippen LogP contribution in [-0.4, -0.2) is 25.7 Å². The average Bonchev–Trinajstić information content (AvgIpc) is 2.22. The van der Waals surface area contributed by atoms with Gasteiger partial charge in [0.25, 0.3) is 0 Å². The summed E-state index contributed by atoms with van der Waals surface area (Å²) in [7, 11) is 0. The number of rotatable bonds is 1. The Bertz CT molecular complexity index is 356. The van der Waals surface area contributed by atoms with Gasteiger partial charge < -0.3 is 10.2 Å². The van der Waals surface area contributed by atoms with E-state index >= 15 is 0 Å². The van der Waals surface area contributed by atoms with Gasteiger partial charge in [-0.2, -0.15) is 0 Å². The monoisotopic (exact) mass is 228 g/mol. The van der Waals surface area contributed by atoms with E-state index in [1.165, 1.54) is 6.07 Å². The third-order valence-corrected chi connectivity index (χ3v) is 2.85. The zero-order valence-electron chi connectivity index (χ0n) is 8.63. The predicted octanol–water partition coefficient (Wildman–Crippen LogP) is 2.28. The summed E-state index contributed by atoms with van der Waals surface area (Å²) < 4.78 is 13.6. The van der Waals surface area contributed by atoms with E-state index < -0.39 is 0 Å². The highest BCUT2D eigenvalue weighted by Gasteiger charge is 2.18. The highest BCUT2D eigenvalue weighted by molar-refractivity contribution is 6.30. The van der Waals surface area contributed by atoms with Gasteiger partial charge in [0.2, 0.25) is 0 Å². The third kappa shape index (κ3) is 2.41. The first-order valence-electron chi connectivity index (χ1n) is 5.10. The summed E-state index contributed by atoms with van der Waals surface area (Å²) in [5, 5.41) is 3.90. The molecule has 1 aromatic carbocycles. The fourth-order valence-corrected chi connectivity index (χ4v) is 2.05. The smallest absolute Gasteiger partial charge is 0.146 e. The average molecular weight is 229 g/mol. The minimum atomic E-state index is -0.200. The summed E-state index contributed by atoms with van der Waals surface area (Å²) in [6, 6.07) is 5.07. The van der Waals surface area contributed by atoms with Crippen LogP contribution in [0.1, 0.15) is 6.92 Å². The number of hydrogen-bond acceptors (Lipinski definition) is 2. The maximum absolute atomic E-state index is 13.6. The lowest BCUT2D eigenvalue weighted by Crippen LogP contribution is -2.49. The minimum Gasteiger partial charge on any atom is -0.366 e. The van der Waals surface area contributed by atoms with Gasteiger partial charge >= 0.3 is 0 Å². The number of anilines is 1. The van der Waals surface area contributed by atoms with Crippen LogP contribution >= 0.6 is 11.6 Å². The van der Waals surface area contributed by atoms with Crippen LogP contribution in [0.25, 0.3) is 0 Å². The first-order valence-corrected chi connectivity index (χ1v) is 5.48. The number of nitrogens with one attached hydrogen (secondary N) is 1. The SMILES string of the molecule is CC1CN(c2cc(Cl)ccc2F)CCN1. The molecule has 15 heavy (non-hydrogen) atoms. The molecule has 1 unspecified atom stereocenters. The lowest BCUT2D eigenvalue weighted by Gasteiger charge is -2.33. The highest BCUT2D eigenvalue weighted by atomic mass is 35.5. The van der Waals surface area contributed by atoms with E-state index in [2.05, 4.69) is 12.2 Å². The van der Waals surface area contributed by atoms with E-state index in [-0.39, 0.29) is 5.82 Å². The maximum atomic E-state index is 13.6. The van der Waals surface area contributed by atoms with Gasteiger partial charge in [-0.3, -0.25) is 0 Å². The molecule has 2 rings (SSSR count). The molecule has 0 spiro atoms. The third-order valence-electron chi connectivity index (χ3n) is 2.62. The Hall–Kier alpha value is -0.800. The van der Waals surface area contributed by atoms with Crippen LogP contribution in [0.2, 0.25) is 5.02 Å². The number of nitrogens with zero attached hydrogens (tertiary/aromatic N) is 1. The Morgan fingerprint density at radius 2 is 2.33 bits per heavy atom. The Kier molecular flexibility index (Phi) is 3.12. The lowest BCUT2D eigenvalue weighted by atomic mass is 10.2. The first-order chi connectivity index (χ1) is 7.16. The van der Waals surface area contributed by atoms with Crippen molar-refractivity contribution < 1.29 is 4.39 Å². The molecule has 0 amide bonds. The van der Waals surface area contributed by atoms with Gasteiger partial charge in [0.1, 0.15) is 5.82 Å². The molecule has 4 heteroatoms. The number of benzene rings is 1. The molecule has 1 aliphatic heterocycles. The van der Waals surface area contributed by atoms with Crippen LogP contribution in [0.15, 0.2) is 18.2 Å². The van der Waals surface area contributed by atoms with Crippen molar-refractivity contribution in [3.8, 4) is 0 Å². The minimum absolute atomic E-state index is 0.200. The van der Waals surface area contributed by atoms with Gasteiger partial charge in [-0.05, 0) is 25.1 Å². The van der Waals surface area contributed by atoms with Crippen molar-refractivity contribution in [3.05, 3.63) is 29.0 Å². The molecular weight excluding hydrogens is 215 g/mol. The molecule has 2 nitrogen and oxygen atoms in total.